The molecule has 0 atom stereocenters. The van der Waals surface area contributed by atoms with E-state index in [2.05, 4.69) is 34.6 Å². The smallest absolute Gasteiger partial charge is 0.233 e. The normalized spacial score (nSPS) is 10.5. The lowest BCUT2D eigenvalue weighted by Gasteiger charge is -2.18. The Labute approximate surface area is 161 Å². The molecule has 0 saturated heterocycles. The van der Waals surface area contributed by atoms with Crippen molar-refractivity contribution in [3.05, 3.63) is 65.7 Å². The first kappa shape index (κ1) is 18.4. The maximum absolute atomic E-state index is 12.4. The number of amides is 1. The van der Waals surface area contributed by atoms with Crippen molar-refractivity contribution in [1.82, 2.24) is 15.1 Å². The molecule has 3 aromatic rings. The van der Waals surface area contributed by atoms with E-state index in [1.54, 1.807) is 4.90 Å². The topological polar surface area (TPSA) is 58.1 Å². The first-order valence-electron chi connectivity index (χ1n) is 8.18. The summed E-state index contributed by atoms with van der Waals surface area (Å²) in [6, 6.07) is 17.9. The molecule has 0 aliphatic heterocycles. The molecule has 0 radical (unpaired) electrons. The maximum Gasteiger partial charge on any atom is 0.233 e. The van der Waals surface area contributed by atoms with Gasteiger partial charge >= 0.3 is 0 Å². The van der Waals surface area contributed by atoms with Crippen LogP contribution in [-0.4, -0.2) is 33.8 Å². The molecule has 0 saturated carbocycles. The molecule has 0 aliphatic carbocycles. The number of carbonyl (C=O) groups excluding carboxylic acids is 1. The fourth-order valence-corrected chi connectivity index (χ4v) is 4.04. The third-order valence-corrected chi connectivity index (χ3v) is 5.80. The number of anilines is 2. The number of hydrogen-bond acceptors (Lipinski definition) is 6. The van der Waals surface area contributed by atoms with Gasteiger partial charge in [-0.05, 0) is 30.2 Å². The molecule has 134 valence electrons. The summed E-state index contributed by atoms with van der Waals surface area (Å²) in [6.07, 6.45) is 0. The van der Waals surface area contributed by atoms with Crippen LogP contribution in [0.4, 0.5) is 10.8 Å². The molecule has 7 heteroatoms. The number of rotatable bonds is 7. The van der Waals surface area contributed by atoms with Gasteiger partial charge in [-0.2, -0.15) is 0 Å². The summed E-state index contributed by atoms with van der Waals surface area (Å²) in [7, 11) is 1.83. The summed E-state index contributed by atoms with van der Waals surface area (Å²) < 4.78 is 0.779. The van der Waals surface area contributed by atoms with E-state index in [0.717, 1.165) is 15.2 Å². The van der Waals surface area contributed by atoms with Gasteiger partial charge in [0.1, 0.15) is 0 Å². The highest BCUT2D eigenvalue weighted by atomic mass is 32.2. The predicted octanol–water partition coefficient (Wildman–Crippen LogP) is 4.34. The van der Waals surface area contributed by atoms with Crippen LogP contribution in [0.25, 0.3) is 0 Å². The van der Waals surface area contributed by atoms with Crippen molar-refractivity contribution in [2.24, 2.45) is 0 Å². The van der Waals surface area contributed by atoms with Gasteiger partial charge in [0.2, 0.25) is 11.0 Å². The molecule has 1 aromatic heterocycles. The second kappa shape index (κ2) is 8.82. The van der Waals surface area contributed by atoms with Gasteiger partial charge in [0.25, 0.3) is 0 Å². The Balaban J connectivity index is 1.51. The Hall–Kier alpha value is -2.38. The average Bonchev–Trinajstić information content (AvgIpc) is 3.09. The summed E-state index contributed by atoms with van der Waals surface area (Å²) in [4.78, 5) is 14.1. The molecule has 1 heterocycles. The van der Waals surface area contributed by atoms with Gasteiger partial charge in [0.05, 0.1) is 5.75 Å². The van der Waals surface area contributed by atoms with Crippen LogP contribution in [0.15, 0.2) is 58.9 Å². The molecule has 0 fully saturated rings. The van der Waals surface area contributed by atoms with Crippen LogP contribution >= 0.6 is 23.1 Å². The second-order valence-electron chi connectivity index (χ2n) is 5.83. The van der Waals surface area contributed by atoms with Crippen LogP contribution in [0.2, 0.25) is 0 Å². The van der Waals surface area contributed by atoms with Crippen LogP contribution < -0.4 is 5.32 Å². The van der Waals surface area contributed by atoms with E-state index in [1.165, 1.54) is 34.2 Å². The van der Waals surface area contributed by atoms with Crippen LogP contribution in [0.1, 0.15) is 11.1 Å². The Bertz CT molecular complexity index is 867. The summed E-state index contributed by atoms with van der Waals surface area (Å²) in [6.45, 7) is 2.67. The molecule has 0 unspecified atom stereocenters. The Morgan fingerprint density at radius 3 is 2.62 bits per heavy atom. The third kappa shape index (κ3) is 5.06. The molecule has 2 aromatic carbocycles. The Morgan fingerprint density at radius 2 is 1.85 bits per heavy atom. The van der Waals surface area contributed by atoms with Gasteiger partial charge in [0, 0.05) is 19.3 Å². The van der Waals surface area contributed by atoms with Gasteiger partial charge in [-0.25, -0.2) is 0 Å². The number of aromatic nitrogens is 2. The number of carbonyl (C=O) groups is 1. The number of nitrogens with zero attached hydrogens (tertiary/aromatic N) is 3. The minimum atomic E-state index is 0.0750. The lowest BCUT2D eigenvalue weighted by molar-refractivity contribution is -0.127. The number of aryl methyl sites for hydroxylation is 1. The number of para-hydroxylation sites is 1. The van der Waals surface area contributed by atoms with Gasteiger partial charge in [-0.3, -0.25) is 4.79 Å². The Kier molecular flexibility index (Phi) is 6.25. The number of hydrogen-bond donors (Lipinski definition) is 1. The Morgan fingerprint density at radius 1 is 1.12 bits per heavy atom. The molecule has 1 N–H and O–H groups in total. The van der Waals surface area contributed by atoms with Crippen molar-refractivity contribution in [1.29, 1.82) is 0 Å². The first-order valence-corrected chi connectivity index (χ1v) is 9.99. The second-order valence-corrected chi connectivity index (χ2v) is 8.03. The molecule has 5 nitrogen and oxygen atoms in total. The standard InChI is InChI=1S/C19H20N4OS2/c1-14-8-6-7-9-15(14)12-23(2)17(24)13-25-19-22-21-18(26-19)20-16-10-4-3-5-11-16/h3-11H,12-13H2,1-2H3,(H,20,21). The van der Waals surface area contributed by atoms with Crippen LogP contribution in [0.3, 0.4) is 0 Å². The number of thioether (sulfide) groups is 1. The van der Waals surface area contributed by atoms with Gasteiger partial charge in [-0.15, -0.1) is 10.2 Å². The molecule has 26 heavy (non-hydrogen) atoms. The number of benzene rings is 2. The lowest BCUT2D eigenvalue weighted by Crippen LogP contribution is -2.28. The summed E-state index contributed by atoms with van der Waals surface area (Å²) >= 11 is 2.86. The molecule has 0 bridgehead atoms. The van der Waals surface area contributed by atoms with E-state index in [4.69, 9.17) is 0 Å². The molecule has 0 spiro atoms. The van der Waals surface area contributed by atoms with Crippen molar-refractivity contribution >= 4 is 39.8 Å². The van der Waals surface area contributed by atoms with E-state index in [9.17, 15) is 4.79 Å². The molecular formula is C19H20N4OS2. The molecule has 3 rings (SSSR count). The summed E-state index contributed by atoms with van der Waals surface area (Å²) in [5.74, 6) is 0.425. The zero-order chi connectivity index (χ0) is 18.4. The van der Waals surface area contributed by atoms with E-state index in [1.807, 2.05) is 49.5 Å². The van der Waals surface area contributed by atoms with Crippen LogP contribution in [0.5, 0.6) is 0 Å². The first-order chi connectivity index (χ1) is 12.6. The highest BCUT2D eigenvalue weighted by Crippen LogP contribution is 2.27. The minimum Gasteiger partial charge on any atom is -0.341 e. The van der Waals surface area contributed by atoms with E-state index >= 15 is 0 Å². The van der Waals surface area contributed by atoms with Crippen molar-refractivity contribution < 1.29 is 4.79 Å². The van der Waals surface area contributed by atoms with Crippen molar-refractivity contribution in [3.8, 4) is 0 Å². The van der Waals surface area contributed by atoms with Crippen molar-refractivity contribution in [2.45, 2.75) is 17.8 Å². The average molecular weight is 385 g/mol. The quantitative estimate of drug-likeness (QED) is 0.614. The van der Waals surface area contributed by atoms with E-state index < -0.39 is 0 Å². The zero-order valence-corrected chi connectivity index (χ0v) is 16.3. The predicted molar refractivity (Wildman–Crippen MR) is 108 cm³/mol. The lowest BCUT2D eigenvalue weighted by atomic mass is 10.1. The van der Waals surface area contributed by atoms with Crippen LogP contribution in [0, 0.1) is 6.92 Å². The van der Waals surface area contributed by atoms with Crippen LogP contribution in [-0.2, 0) is 11.3 Å². The van der Waals surface area contributed by atoms with E-state index in [0.29, 0.717) is 12.3 Å². The van der Waals surface area contributed by atoms with E-state index in [-0.39, 0.29) is 5.91 Å². The minimum absolute atomic E-state index is 0.0750. The highest BCUT2D eigenvalue weighted by Gasteiger charge is 2.13. The fourth-order valence-electron chi connectivity index (χ4n) is 2.33. The SMILES string of the molecule is Cc1ccccc1CN(C)C(=O)CSc1nnc(Nc2ccccc2)s1. The van der Waals surface area contributed by atoms with Gasteiger partial charge < -0.3 is 10.2 Å². The fraction of sp³-hybridized carbons (Fsp3) is 0.211. The largest absolute Gasteiger partial charge is 0.341 e. The van der Waals surface area contributed by atoms with Crippen molar-refractivity contribution in [2.75, 3.05) is 18.1 Å². The van der Waals surface area contributed by atoms with Crippen molar-refractivity contribution in [3.63, 3.8) is 0 Å². The van der Waals surface area contributed by atoms with Gasteiger partial charge in [-0.1, -0.05) is 65.6 Å². The molecule has 0 aliphatic rings. The number of nitrogens with one attached hydrogen (secondary N) is 1. The summed E-state index contributed by atoms with van der Waals surface area (Å²) in [5, 5.41) is 12.2. The maximum atomic E-state index is 12.4. The zero-order valence-electron chi connectivity index (χ0n) is 14.7. The molecular weight excluding hydrogens is 364 g/mol. The summed E-state index contributed by atoms with van der Waals surface area (Å²) in [5.41, 5.74) is 3.33. The van der Waals surface area contributed by atoms with Gasteiger partial charge in [0.15, 0.2) is 4.34 Å². The third-order valence-electron chi connectivity index (χ3n) is 3.85. The highest BCUT2D eigenvalue weighted by molar-refractivity contribution is 8.01. The molecule has 1 amide bonds. The monoisotopic (exact) mass is 384 g/mol.